The van der Waals surface area contributed by atoms with Gasteiger partial charge in [0.05, 0.1) is 6.54 Å². The van der Waals surface area contributed by atoms with Gasteiger partial charge in [-0.25, -0.2) is 4.79 Å². The largest absolute Gasteiger partial charge is 0.351 e. The van der Waals surface area contributed by atoms with Crippen LogP contribution in [0.5, 0.6) is 0 Å². The van der Waals surface area contributed by atoms with Crippen LogP contribution in [0.25, 0.3) is 0 Å². The van der Waals surface area contributed by atoms with Crippen molar-refractivity contribution in [2.75, 3.05) is 20.1 Å². The second kappa shape index (κ2) is 5.38. The number of hydrogen-bond donors (Lipinski definition) is 2. The maximum Gasteiger partial charge on any atom is 0.318 e. The van der Waals surface area contributed by atoms with Crippen molar-refractivity contribution in [3.05, 3.63) is 0 Å². The Morgan fingerprint density at radius 3 is 2.53 bits per heavy atom. The molecule has 3 amide bonds. The first kappa shape index (κ1) is 13.8. The number of β-lactam (4-membered cyclic amide) rings is 1. The average Bonchev–Trinajstić information content (AvgIpc) is 2.30. The highest BCUT2D eigenvalue weighted by Crippen LogP contribution is 2.28. The third-order valence-electron chi connectivity index (χ3n) is 3.15. The second-order valence-electron chi connectivity index (χ2n) is 5.02. The molecular weight excluding hydrogens is 218 g/mol. The minimum absolute atomic E-state index is 0.0244. The van der Waals surface area contributed by atoms with Crippen LogP contribution in [-0.4, -0.2) is 42.5 Å². The van der Waals surface area contributed by atoms with Gasteiger partial charge in [-0.1, -0.05) is 27.2 Å². The Bertz CT molecular complexity index is 304. The molecule has 1 unspecified atom stereocenters. The summed E-state index contributed by atoms with van der Waals surface area (Å²) < 4.78 is 0. The monoisotopic (exact) mass is 241 g/mol. The van der Waals surface area contributed by atoms with Gasteiger partial charge in [-0.05, 0) is 12.3 Å². The molecule has 1 fully saturated rings. The summed E-state index contributed by atoms with van der Waals surface area (Å²) in [5.41, 5.74) is -0.626. The Balaban J connectivity index is 2.92. The molecule has 17 heavy (non-hydrogen) atoms. The van der Waals surface area contributed by atoms with E-state index in [9.17, 15) is 9.59 Å². The fraction of sp³-hybridized carbons (Fsp3) is 0.833. The van der Waals surface area contributed by atoms with Crippen LogP contribution < -0.4 is 10.6 Å². The van der Waals surface area contributed by atoms with Gasteiger partial charge in [0.1, 0.15) is 5.54 Å². The van der Waals surface area contributed by atoms with Gasteiger partial charge < -0.3 is 15.5 Å². The molecule has 0 aliphatic carbocycles. The Morgan fingerprint density at radius 2 is 2.24 bits per heavy atom. The third kappa shape index (κ3) is 2.53. The highest BCUT2D eigenvalue weighted by molar-refractivity contribution is 5.96. The van der Waals surface area contributed by atoms with Gasteiger partial charge in [-0.3, -0.25) is 4.79 Å². The minimum atomic E-state index is -0.626. The Morgan fingerprint density at radius 1 is 1.59 bits per heavy atom. The van der Waals surface area contributed by atoms with Gasteiger partial charge >= 0.3 is 6.03 Å². The predicted molar refractivity (Wildman–Crippen MR) is 66.6 cm³/mol. The summed E-state index contributed by atoms with van der Waals surface area (Å²) in [7, 11) is 1.60. The highest BCUT2D eigenvalue weighted by atomic mass is 16.2. The second-order valence-corrected chi connectivity index (χ2v) is 5.02. The number of carbonyl (C=O) groups is 2. The lowest BCUT2D eigenvalue weighted by Gasteiger charge is -2.49. The molecule has 1 atom stereocenters. The molecule has 5 nitrogen and oxygen atoms in total. The van der Waals surface area contributed by atoms with Crippen LogP contribution in [-0.2, 0) is 4.79 Å². The van der Waals surface area contributed by atoms with Gasteiger partial charge in [0, 0.05) is 13.6 Å². The average molecular weight is 241 g/mol. The summed E-state index contributed by atoms with van der Waals surface area (Å²) in [5, 5.41) is 5.39. The zero-order valence-electron chi connectivity index (χ0n) is 11.2. The SMILES string of the molecule is CCCC1(N(CC(C)C)C(=O)NC)CNC1=O. The molecule has 0 saturated carbocycles. The minimum Gasteiger partial charge on any atom is -0.351 e. The molecule has 1 aliphatic heterocycles. The lowest BCUT2D eigenvalue weighted by molar-refractivity contribution is -0.142. The Kier molecular flexibility index (Phi) is 4.37. The van der Waals surface area contributed by atoms with Crippen molar-refractivity contribution in [2.45, 2.75) is 39.2 Å². The number of hydrogen-bond acceptors (Lipinski definition) is 2. The quantitative estimate of drug-likeness (QED) is 0.704. The Hall–Kier alpha value is -1.26. The molecule has 5 heteroatoms. The lowest BCUT2D eigenvalue weighted by Crippen LogP contribution is -2.75. The fourth-order valence-corrected chi connectivity index (χ4v) is 2.29. The van der Waals surface area contributed by atoms with E-state index in [1.165, 1.54) is 0 Å². The third-order valence-corrected chi connectivity index (χ3v) is 3.15. The maximum absolute atomic E-state index is 11.9. The molecule has 2 N–H and O–H groups in total. The summed E-state index contributed by atoms with van der Waals surface area (Å²) in [6.07, 6.45) is 1.61. The molecular formula is C12H23N3O2. The van der Waals surface area contributed by atoms with E-state index < -0.39 is 5.54 Å². The van der Waals surface area contributed by atoms with Crippen molar-refractivity contribution >= 4 is 11.9 Å². The molecule has 1 heterocycles. The van der Waals surface area contributed by atoms with Crippen molar-refractivity contribution in [3.63, 3.8) is 0 Å². The summed E-state index contributed by atoms with van der Waals surface area (Å²) in [5.74, 6) is 0.318. The van der Waals surface area contributed by atoms with Crippen molar-refractivity contribution < 1.29 is 9.59 Å². The van der Waals surface area contributed by atoms with Crippen LogP contribution in [0.2, 0.25) is 0 Å². The van der Waals surface area contributed by atoms with Gasteiger partial charge in [0.15, 0.2) is 0 Å². The highest BCUT2D eigenvalue weighted by Gasteiger charge is 2.52. The first-order valence-electron chi connectivity index (χ1n) is 6.25. The van der Waals surface area contributed by atoms with E-state index in [0.29, 0.717) is 19.0 Å². The van der Waals surface area contributed by atoms with E-state index in [4.69, 9.17) is 0 Å². The molecule has 1 aliphatic rings. The van der Waals surface area contributed by atoms with Crippen molar-refractivity contribution in [1.29, 1.82) is 0 Å². The number of nitrogens with one attached hydrogen (secondary N) is 2. The van der Waals surface area contributed by atoms with E-state index in [1.54, 1.807) is 11.9 Å². The fourth-order valence-electron chi connectivity index (χ4n) is 2.29. The van der Waals surface area contributed by atoms with E-state index in [2.05, 4.69) is 10.6 Å². The smallest absolute Gasteiger partial charge is 0.318 e. The van der Waals surface area contributed by atoms with Crippen LogP contribution in [0.3, 0.4) is 0 Å². The van der Waals surface area contributed by atoms with Crippen molar-refractivity contribution in [3.8, 4) is 0 Å². The Labute approximate surface area is 103 Å². The van der Waals surface area contributed by atoms with E-state index in [0.717, 1.165) is 12.8 Å². The number of amides is 3. The van der Waals surface area contributed by atoms with Crippen molar-refractivity contribution in [1.82, 2.24) is 15.5 Å². The van der Waals surface area contributed by atoms with Gasteiger partial charge in [-0.15, -0.1) is 0 Å². The molecule has 0 bridgehead atoms. The first-order valence-corrected chi connectivity index (χ1v) is 6.25. The molecule has 0 radical (unpaired) electrons. The lowest BCUT2D eigenvalue weighted by atomic mass is 9.83. The van der Waals surface area contributed by atoms with Crippen LogP contribution in [0, 0.1) is 5.92 Å². The van der Waals surface area contributed by atoms with Crippen LogP contribution in [0.1, 0.15) is 33.6 Å². The van der Waals surface area contributed by atoms with Crippen molar-refractivity contribution in [2.24, 2.45) is 5.92 Å². The number of urea groups is 1. The zero-order chi connectivity index (χ0) is 13.1. The van der Waals surface area contributed by atoms with Crippen LogP contribution in [0.15, 0.2) is 0 Å². The molecule has 1 rings (SSSR count). The number of nitrogens with zero attached hydrogens (tertiary/aromatic N) is 1. The summed E-state index contributed by atoms with van der Waals surface area (Å²) in [6, 6.07) is -0.165. The summed E-state index contributed by atoms with van der Waals surface area (Å²) >= 11 is 0. The first-order chi connectivity index (χ1) is 7.97. The molecule has 98 valence electrons. The molecule has 0 aromatic rings. The van der Waals surface area contributed by atoms with Gasteiger partial charge in [0.2, 0.25) is 5.91 Å². The van der Waals surface area contributed by atoms with E-state index in [1.807, 2.05) is 20.8 Å². The number of rotatable bonds is 5. The normalized spacial score (nSPS) is 23.0. The summed E-state index contributed by atoms with van der Waals surface area (Å²) in [6.45, 7) is 7.30. The molecule has 0 spiro atoms. The topological polar surface area (TPSA) is 61.4 Å². The maximum atomic E-state index is 11.9. The number of carbonyl (C=O) groups excluding carboxylic acids is 2. The van der Waals surface area contributed by atoms with Crippen LogP contribution >= 0.6 is 0 Å². The van der Waals surface area contributed by atoms with Gasteiger partial charge in [-0.2, -0.15) is 0 Å². The van der Waals surface area contributed by atoms with E-state index >= 15 is 0 Å². The van der Waals surface area contributed by atoms with Gasteiger partial charge in [0.25, 0.3) is 0 Å². The van der Waals surface area contributed by atoms with Crippen LogP contribution in [0.4, 0.5) is 4.79 Å². The predicted octanol–water partition coefficient (Wildman–Crippen LogP) is 0.952. The summed E-state index contributed by atoms with van der Waals surface area (Å²) in [4.78, 5) is 25.5. The van der Waals surface area contributed by atoms with E-state index in [-0.39, 0.29) is 11.9 Å². The molecule has 1 saturated heterocycles. The molecule has 0 aromatic carbocycles. The standard InChI is InChI=1S/C12H23N3O2/c1-5-6-12(8-14-10(12)16)15(7-9(2)3)11(17)13-4/h9H,5-8H2,1-4H3,(H,13,17)(H,14,16). The zero-order valence-corrected chi connectivity index (χ0v) is 11.2. The molecule has 0 aromatic heterocycles.